The molecule has 2 aromatic rings. The summed E-state index contributed by atoms with van der Waals surface area (Å²) in [5.74, 6) is 1.38. The van der Waals surface area contributed by atoms with Crippen molar-refractivity contribution in [2.75, 3.05) is 26.8 Å². The predicted octanol–water partition coefficient (Wildman–Crippen LogP) is 0.801. The summed E-state index contributed by atoms with van der Waals surface area (Å²) in [6.07, 6.45) is 1.47. The van der Waals surface area contributed by atoms with Crippen LogP contribution < -0.4 is 10.1 Å². The minimum atomic E-state index is -0.172. The Kier molecular flexibility index (Phi) is 3.39. The molecule has 3 rings (SSSR count). The third kappa shape index (κ3) is 2.42. The summed E-state index contributed by atoms with van der Waals surface area (Å²) in [6, 6.07) is 3.61. The van der Waals surface area contributed by atoms with Gasteiger partial charge in [0.15, 0.2) is 0 Å². The molecule has 1 atom stereocenters. The minimum Gasteiger partial charge on any atom is -0.480 e. The molecule has 0 aliphatic carbocycles. The number of hydrogen-bond acceptors (Lipinski definition) is 7. The molecule has 0 bridgehead atoms. The standard InChI is InChI=1S/C12H14N4O3/c1-17-11-8(3-2-4-14-11)12-15-10(16-19-12)9-7-13-5-6-18-9/h2-4,9,13H,5-7H2,1H3. The zero-order valence-electron chi connectivity index (χ0n) is 10.5. The van der Waals surface area contributed by atoms with E-state index in [4.69, 9.17) is 14.0 Å². The van der Waals surface area contributed by atoms with E-state index >= 15 is 0 Å². The van der Waals surface area contributed by atoms with Gasteiger partial charge in [0.1, 0.15) is 11.7 Å². The van der Waals surface area contributed by atoms with Gasteiger partial charge in [0.2, 0.25) is 11.7 Å². The van der Waals surface area contributed by atoms with E-state index in [9.17, 15) is 0 Å². The van der Waals surface area contributed by atoms with Crippen LogP contribution in [0.5, 0.6) is 5.88 Å². The minimum absolute atomic E-state index is 0.172. The van der Waals surface area contributed by atoms with E-state index in [1.807, 2.05) is 6.07 Å². The van der Waals surface area contributed by atoms with Crippen LogP contribution in [0.2, 0.25) is 0 Å². The number of rotatable bonds is 3. The molecular formula is C12H14N4O3. The number of methoxy groups -OCH3 is 1. The Morgan fingerprint density at radius 1 is 1.47 bits per heavy atom. The van der Waals surface area contributed by atoms with E-state index in [0.717, 1.165) is 6.54 Å². The molecule has 1 aliphatic heterocycles. The number of hydrogen-bond donors (Lipinski definition) is 1. The second kappa shape index (κ2) is 5.33. The lowest BCUT2D eigenvalue weighted by atomic mass is 10.2. The summed E-state index contributed by atoms with van der Waals surface area (Å²) < 4.78 is 16.0. The highest BCUT2D eigenvalue weighted by Crippen LogP contribution is 2.27. The van der Waals surface area contributed by atoms with Gasteiger partial charge in [-0.2, -0.15) is 4.98 Å². The van der Waals surface area contributed by atoms with E-state index in [2.05, 4.69) is 20.4 Å². The molecule has 100 valence electrons. The Morgan fingerprint density at radius 3 is 3.21 bits per heavy atom. The number of morpholine rings is 1. The fourth-order valence-corrected chi connectivity index (χ4v) is 1.92. The molecule has 7 nitrogen and oxygen atoms in total. The third-order valence-electron chi connectivity index (χ3n) is 2.85. The van der Waals surface area contributed by atoms with Crippen molar-refractivity contribution in [1.82, 2.24) is 20.4 Å². The summed E-state index contributed by atoms with van der Waals surface area (Å²) in [4.78, 5) is 8.45. The quantitative estimate of drug-likeness (QED) is 0.876. The van der Waals surface area contributed by atoms with Crippen LogP contribution in [-0.2, 0) is 4.74 Å². The molecule has 0 saturated carbocycles. The van der Waals surface area contributed by atoms with Gasteiger partial charge in [-0.3, -0.25) is 0 Å². The van der Waals surface area contributed by atoms with Gasteiger partial charge in [-0.1, -0.05) is 5.16 Å². The van der Waals surface area contributed by atoms with Crippen LogP contribution in [0.25, 0.3) is 11.5 Å². The molecule has 0 aromatic carbocycles. The molecule has 0 spiro atoms. The van der Waals surface area contributed by atoms with E-state index in [0.29, 0.717) is 36.3 Å². The van der Waals surface area contributed by atoms with Crippen molar-refractivity contribution in [3.8, 4) is 17.3 Å². The van der Waals surface area contributed by atoms with Gasteiger partial charge in [-0.05, 0) is 12.1 Å². The molecule has 7 heteroatoms. The van der Waals surface area contributed by atoms with Crippen molar-refractivity contribution >= 4 is 0 Å². The molecule has 1 N–H and O–H groups in total. The SMILES string of the molecule is COc1ncccc1-c1nc(C2CNCCO2)no1. The van der Waals surface area contributed by atoms with E-state index in [1.165, 1.54) is 0 Å². The first kappa shape index (κ1) is 12.1. The van der Waals surface area contributed by atoms with Crippen molar-refractivity contribution in [3.05, 3.63) is 24.2 Å². The van der Waals surface area contributed by atoms with Crippen molar-refractivity contribution < 1.29 is 14.0 Å². The third-order valence-corrected chi connectivity index (χ3v) is 2.85. The molecule has 2 aromatic heterocycles. The second-order valence-electron chi connectivity index (χ2n) is 4.08. The van der Waals surface area contributed by atoms with Gasteiger partial charge in [0, 0.05) is 19.3 Å². The second-order valence-corrected chi connectivity index (χ2v) is 4.08. The average Bonchev–Trinajstić information content (AvgIpc) is 2.98. The van der Waals surface area contributed by atoms with Gasteiger partial charge < -0.3 is 19.3 Å². The monoisotopic (exact) mass is 262 g/mol. The Morgan fingerprint density at radius 2 is 2.42 bits per heavy atom. The number of nitrogens with one attached hydrogen (secondary N) is 1. The molecular weight excluding hydrogens is 248 g/mol. The highest BCUT2D eigenvalue weighted by molar-refractivity contribution is 5.59. The summed E-state index contributed by atoms with van der Waals surface area (Å²) in [5, 5.41) is 7.18. The van der Waals surface area contributed by atoms with Crippen LogP contribution in [0.15, 0.2) is 22.9 Å². The maximum Gasteiger partial charge on any atom is 0.263 e. The lowest BCUT2D eigenvalue weighted by Gasteiger charge is -2.20. The summed E-state index contributed by atoms with van der Waals surface area (Å²) in [5.41, 5.74) is 0.674. The average molecular weight is 262 g/mol. The van der Waals surface area contributed by atoms with E-state index in [1.54, 1.807) is 19.4 Å². The molecule has 3 heterocycles. The molecule has 19 heavy (non-hydrogen) atoms. The lowest BCUT2D eigenvalue weighted by molar-refractivity contribution is 0.0208. The van der Waals surface area contributed by atoms with Gasteiger partial charge in [-0.15, -0.1) is 0 Å². The van der Waals surface area contributed by atoms with E-state index in [-0.39, 0.29) is 6.10 Å². The van der Waals surface area contributed by atoms with Gasteiger partial charge in [0.05, 0.1) is 13.7 Å². The molecule has 1 saturated heterocycles. The van der Waals surface area contributed by atoms with Crippen LogP contribution in [0.4, 0.5) is 0 Å². The van der Waals surface area contributed by atoms with Crippen LogP contribution in [0.3, 0.4) is 0 Å². The van der Waals surface area contributed by atoms with Crippen molar-refractivity contribution in [1.29, 1.82) is 0 Å². The fraction of sp³-hybridized carbons (Fsp3) is 0.417. The Hall–Kier alpha value is -1.99. The van der Waals surface area contributed by atoms with Gasteiger partial charge in [0.25, 0.3) is 5.89 Å². The highest BCUT2D eigenvalue weighted by atomic mass is 16.5. The Balaban J connectivity index is 1.88. The first-order valence-corrected chi connectivity index (χ1v) is 6.04. The van der Waals surface area contributed by atoms with Crippen LogP contribution in [-0.4, -0.2) is 41.9 Å². The number of nitrogens with zero attached hydrogens (tertiary/aromatic N) is 3. The molecule has 1 fully saturated rings. The maximum atomic E-state index is 5.58. The first-order chi connectivity index (χ1) is 9.38. The smallest absolute Gasteiger partial charge is 0.263 e. The molecule has 0 amide bonds. The number of aromatic nitrogens is 3. The molecule has 1 aliphatic rings. The topological polar surface area (TPSA) is 82.3 Å². The normalized spacial score (nSPS) is 19.3. The number of ether oxygens (including phenoxy) is 2. The highest BCUT2D eigenvalue weighted by Gasteiger charge is 2.23. The Labute approximate surface area is 109 Å². The fourth-order valence-electron chi connectivity index (χ4n) is 1.92. The maximum absolute atomic E-state index is 5.58. The number of pyridine rings is 1. The van der Waals surface area contributed by atoms with Gasteiger partial charge in [-0.25, -0.2) is 4.98 Å². The Bertz CT molecular complexity index is 551. The summed E-state index contributed by atoms with van der Waals surface area (Å²) in [6.45, 7) is 2.17. The van der Waals surface area contributed by atoms with Crippen LogP contribution in [0, 0.1) is 0 Å². The molecule has 1 unspecified atom stereocenters. The van der Waals surface area contributed by atoms with Crippen molar-refractivity contribution in [3.63, 3.8) is 0 Å². The lowest BCUT2D eigenvalue weighted by Crippen LogP contribution is -2.33. The summed E-state index contributed by atoms with van der Waals surface area (Å²) >= 11 is 0. The summed E-state index contributed by atoms with van der Waals surface area (Å²) in [7, 11) is 1.55. The molecule has 0 radical (unpaired) electrons. The predicted molar refractivity (Wildman–Crippen MR) is 65.6 cm³/mol. The van der Waals surface area contributed by atoms with Crippen LogP contribution >= 0.6 is 0 Å². The first-order valence-electron chi connectivity index (χ1n) is 6.04. The van der Waals surface area contributed by atoms with Crippen molar-refractivity contribution in [2.24, 2.45) is 0 Å². The zero-order chi connectivity index (χ0) is 13.1. The van der Waals surface area contributed by atoms with Crippen molar-refractivity contribution in [2.45, 2.75) is 6.10 Å². The van der Waals surface area contributed by atoms with E-state index < -0.39 is 0 Å². The zero-order valence-corrected chi connectivity index (χ0v) is 10.5. The van der Waals surface area contributed by atoms with Crippen LogP contribution in [0.1, 0.15) is 11.9 Å². The van der Waals surface area contributed by atoms with Gasteiger partial charge >= 0.3 is 0 Å². The largest absolute Gasteiger partial charge is 0.480 e.